The van der Waals surface area contributed by atoms with Crippen molar-refractivity contribution in [3.8, 4) is 5.19 Å². The summed E-state index contributed by atoms with van der Waals surface area (Å²) >= 11 is 1.50. The highest BCUT2D eigenvalue weighted by Gasteiger charge is 2.21. The molecule has 4 heteroatoms. The van der Waals surface area contributed by atoms with Crippen LogP contribution in [0.3, 0.4) is 0 Å². The van der Waals surface area contributed by atoms with Gasteiger partial charge in [-0.3, -0.25) is 0 Å². The molecule has 0 aliphatic carbocycles. The van der Waals surface area contributed by atoms with Crippen molar-refractivity contribution in [3.05, 3.63) is 11.6 Å². The van der Waals surface area contributed by atoms with E-state index in [2.05, 4.69) is 18.8 Å². The summed E-state index contributed by atoms with van der Waals surface area (Å²) in [5, 5.41) is 2.60. The first kappa shape index (κ1) is 10.5. The second-order valence-electron chi connectivity index (χ2n) is 3.16. The van der Waals surface area contributed by atoms with Gasteiger partial charge in [0.2, 0.25) is 0 Å². The van der Waals surface area contributed by atoms with Crippen LogP contribution in [0.1, 0.15) is 26.7 Å². The second-order valence-corrected chi connectivity index (χ2v) is 4.01. The Labute approximate surface area is 82.9 Å². The van der Waals surface area contributed by atoms with E-state index in [9.17, 15) is 0 Å². The average Bonchev–Trinajstić information content (AvgIpc) is 2.67. The second kappa shape index (κ2) is 4.58. The Morgan fingerprint density at radius 2 is 2.23 bits per heavy atom. The minimum Gasteiger partial charge on any atom is -0.468 e. The van der Waals surface area contributed by atoms with E-state index in [0.29, 0.717) is 11.8 Å². The maximum Gasteiger partial charge on any atom is 0.273 e. The number of hydrogen-bond acceptors (Lipinski definition) is 4. The molecule has 0 amide bonds. The van der Waals surface area contributed by atoms with E-state index >= 15 is 0 Å². The van der Waals surface area contributed by atoms with Crippen LogP contribution in [0.25, 0.3) is 0 Å². The number of aromatic nitrogens is 1. The Kier molecular flexibility index (Phi) is 3.69. The number of nitrogens with zero attached hydrogens (tertiary/aromatic N) is 1. The molecule has 13 heavy (non-hydrogen) atoms. The number of nitrogens with two attached hydrogens (primary N) is 1. The number of rotatable bonds is 5. The topological polar surface area (TPSA) is 48.1 Å². The Morgan fingerprint density at radius 1 is 1.54 bits per heavy atom. The van der Waals surface area contributed by atoms with Crippen LogP contribution in [-0.4, -0.2) is 17.1 Å². The van der Waals surface area contributed by atoms with E-state index in [0.717, 1.165) is 12.8 Å². The summed E-state index contributed by atoms with van der Waals surface area (Å²) in [5.41, 5.74) is 5.86. The molecule has 0 aromatic carbocycles. The van der Waals surface area contributed by atoms with Crippen LogP contribution in [0.5, 0.6) is 5.19 Å². The molecule has 0 aliphatic rings. The SMILES string of the molecule is CCC(N)(CC)COc1nccs1. The highest BCUT2D eigenvalue weighted by atomic mass is 32.1. The lowest BCUT2D eigenvalue weighted by Crippen LogP contribution is -2.44. The lowest BCUT2D eigenvalue weighted by molar-refractivity contribution is 0.206. The summed E-state index contributed by atoms with van der Waals surface area (Å²) in [6, 6.07) is 0. The smallest absolute Gasteiger partial charge is 0.273 e. The molecule has 0 atom stereocenters. The quantitative estimate of drug-likeness (QED) is 0.791. The van der Waals surface area contributed by atoms with Crippen molar-refractivity contribution < 1.29 is 4.74 Å². The van der Waals surface area contributed by atoms with Gasteiger partial charge in [0.1, 0.15) is 6.61 Å². The zero-order valence-corrected chi connectivity index (χ0v) is 8.93. The van der Waals surface area contributed by atoms with Gasteiger partial charge < -0.3 is 10.5 Å². The van der Waals surface area contributed by atoms with Crippen molar-refractivity contribution in [1.82, 2.24) is 4.98 Å². The highest BCUT2D eigenvalue weighted by molar-refractivity contribution is 7.11. The average molecular weight is 200 g/mol. The summed E-state index contributed by atoms with van der Waals surface area (Å²) in [7, 11) is 0. The van der Waals surface area contributed by atoms with E-state index in [4.69, 9.17) is 10.5 Å². The third kappa shape index (κ3) is 2.97. The molecule has 0 spiro atoms. The number of ether oxygens (including phenoxy) is 1. The monoisotopic (exact) mass is 200 g/mol. The van der Waals surface area contributed by atoms with Gasteiger partial charge >= 0.3 is 0 Å². The van der Waals surface area contributed by atoms with Crippen LogP contribution in [0.2, 0.25) is 0 Å². The minimum absolute atomic E-state index is 0.203. The Hall–Kier alpha value is -0.610. The van der Waals surface area contributed by atoms with Gasteiger partial charge in [0.15, 0.2) is 0 Å². The van der Waals surface area contributed by atoms with Crippen molar-refractivity contribution >= 4 is 11.3 Å². The van der Waals surface area contributed by atoms with Gasteiger partial charge in [-0.2, -0.15) is 0 Å². The molecule has 1 aromatic heterocycles. The van der Waals surface area contributed by atoms with Gasteiger partial charge in [0.05, 0.1) is 0 Å². The minimum atomic E-state index is -0.203. The zero-order chi connectivity index (χ0) is 9.73. The molecule has 74 valence electrons. The molecule has 0 fully saturated rings. The molecule has 0 radical (unpaired) electrons. The van der Waals surface area contributed by atoms with Crippen LogP contribution in [0.4, 0.5) is 0 Å². The molecule has 1 rings (SSSR count). The van der Waals surface area contributed by atoms with Crippen LogP contribution < -0.4 is 10.5 Å². The van der Waals surface area contributed by atoms with Gasteiger partial charge in [-0.25, -0.2) is 4.98 Å². The molecule has 0 unspecified atom stereocenters. The third-order valence-corrected chi connectivity index (χ3v) is 2.98. The first-order valence-electron chi connectivity index (χ1n) is 4.51. The zero-order valence-electron chi connectivity index (χ0n) is 8.12. The lowest BCUT2D eigenvalue weighted by Gasteiger charge is -2.25. The van der Waals surface area contributed by atoms with Crippen molar-refractivity contribution in [2.75, 3.05) is 6.61 Å². The maximum atomic E-state index is 6.07. The van der Waals surface area contributed by atoms with Gasteiger partial charge in [0.25, 0.3) is 5.19 Å². The van der Waals surface area contributed by atoms with Gasteiger partial charge in [-0.1, -0.05) is 25.2 Å². The van der Waals surface area contributed by atoms with Crippen LogP contribution in [0, 0.1) is 0 Å². The van der Waals surface area contributed by atoms with E-state index in [-0.39, 0.29) is 5.54 Å². The lowest BCUT2D eigenvalue weighted by atomic mass is 9.96. The summed E-state index contributed by atoms with van der Waals surface area (Å²) in [5.74, 6) is 0. The van der Waals surface area contributed by atoms with E-state index in [1.54, 1.807) is 6.20 Å². The standard InChI is InChI=1S/C9H16N2OS/c1-3-9(10,4-2)7-12-8-11-5-6-13-8/h5-6H,3-4,7,10H2,1-2H3. The Bertz CT molecular complexity index is 232. The normalized spacial score (nSPS) is 11.6. The molecule has 0 aliphatic heterocycles. The van der Waals surface area contributed by atoms with Crippen LogP contribution in [-0.2, 0) is 0 Å². The molecule has 2 N–H and O–H groups in total. The fraction of sp³-hybridized carbons (Fsp3) is 0.667. The highest BCUT2D eigenvalue weighted by Crippen LogP contribution is 2.17. The number of hydrogen-bond donors (Lipinski definition) is 1. The van der Waals surface area contributed by atoms with Gasteiger partial charge in [-0.15, -0.1) is 0 Å². The summed E-state index contributed by atoms with van der Waals surface area (Å²) in [4.78, 5) is 4.03. The van der Waals surface area contributed by atoms with Gasteiger partial charge in [0, 0.05) is 17.1 Å². The molecule has 1 heterocycles. The van der Waals surface area contributed by atoms with Crippen molar-refractivity contribution in [2.45, 2.75) is 32.2 Å². The Balaban J connectivity index is 2.41. The molecule has 3 nitrogen and oxygen atoms in total. The van der Waals surface area contributed by atoms with Crippen molar-refractivity contribution in [1.29, 1.82) is 0 Å². The van der Waals surface area contributed by atoms with Crippen molar-refractivity contribution in [3.63, 3.8) is 0 Å². The molecule has 0 saturated heterocycles. The third-order valence-electron chi connectivity index (χ3n) is 2.30. The molecule has 0 saturated carbocycles. The molecule has 1 aromatic rings. The Morgan fingerprint density at radius 3 is 2.69 bits per heavy atom. The molecular weight excluding hydrogens is 184 g/mol. The predicted molar refractivity (Wildman–Crippen MR) is 55.1 cm³/mol. The fourth-order valence-electron chi connectivity index (χ4n) is 0.941. The summed E-state index contributed by atoms with van der Waals surface area (Å²) in [6.07, 6.45) is 3.58. The fourth-order valence-corrected chi connectivity index (χ4v) is 1.43. The van der Waals surface area contributed by atoms with Crippen LogP contribution >= 0.6 is 11.3 Å². The van der Waals surface area contributed by atoms with E-state index in [1.165, 1.54) is 11.3 Å². The van der Waals surface area contributed by atoms with Gasteiger partial charge in [-0.05, 0) is 12.8 Å². The number of thiazole rings is 1. The largest absolute Gasteiger partial charge is 0.468 e. The molecule has 0 bridgehead atoms. The summed E-state index contributed by atoms with van der Waals surface area (Å²) < 4.78 is 5.48. The predicted octanol–water partition coefficient (Wildman–Crippen LogP) is 2.04. The first-order chi connectivity index (χ1) is 6.20. The first-order valence-corrected chi connectivity index (χ1v) is 5.39. The van der Waals surface area contributed by atoms with E-state index < -0.39 is 0 Å². The molecular formula is C9H16N2OS. The maximum absolute atomic E-state index is 6.07. The van der Waals surface area contributed by atoms with Crippen LogP contribution in [0.15, 0.2) is 11.6 Å². The van der Waals surface area contributed by atoms with Crippen molar-refractivity contribution in [2.24, 2.45) is 5.73 Å². The summed E-state index contributed by atoms with van der Waals surface area (Å²) in [6.45, 7) is 4.71. The van der Waals surface area contributed by atoms with E-state index in [1.807, 2.05) is 5.38 Å².